The van der Waals surface area contributed by atoms with Gasteiger partial charge in [0.1, 0.15) is 5.60 Å². The molecule has 4 aliphatic carbocycles. The van der Waals surface area contributed by atoms with Crippen molar-refractivity contribution in [3.05, 3.63) is 53.3 Å². The SMILES string of the molecule is CC12CCC3(F)C=C4CC(O)CCC4CC[C@]3(O)C1CC=C2c1ccc(/C=C\N)c(N)c1.CNC. The molecule has 35 heavy (non-hydrogen) atoms. The highest BCUT2D eigenvalue weighted by Gasteiger charge is 2.65. The standard InChI is InChI=1S/C27H35FN2O2.C2H7N/c1-25-11-12-26(28)16-20-14-21(31)5-4-17(20)8-10-27(26,32)24(25)7-6-22(25)19-3-2-18(9-13-29)23(30)15-19;1-3-2/h2-3,6,9,13,15-17,21,24,31-32H,4-5,7-8,10-12,14,29-30H2,1H3;3H,1-2H3/b13-9-;/t17?,21?,24?,25?,26?,27-;/m0./s1. The number of benzene rings is 1. The van der Waals surface area contributed by atoms with E-state index in [-0.39, 0.29) is 23.4 Å². The largest absolute Gasteiger partial charge is 0.405 e. The van der Waals surface area contributed by atoms with Crippen molar-refractivity contribution in [3.63, 3.8) is 0 Å². The van der Waals surface area contributed by atoms with Crippen LogP contribution >= 0.6 is 0 Å². The van der Waals surface area contributed by atoms with E-state index in [0.717, 1.165) is 41.5 Å². The first kappa shape index (κ1) is 25.9. The molecule has 2 fully saturated rings. The average molecular weight is 484 g/mol. The molecule has 5 unspecified atom stereocenters. The highest BCUT2D eigenvalue weighted by molar-refractivity contribution is 5.78. The van der Waals surface area contributed by atoms with E-state index >= 15 is 4.39 Å². The van der Waals surface area contributed by atoms with Gasteiger partial charge in [0.15, 0.2) is 5.67 Å². The fourth-order valence-electron chi connectivity index (χ4n) is 7.23. The summed E-state index contributed by atoms with van der Waals surface area (Å²) in [6.07, 6.45) is 11.9. The first-order valence-electron chi connectivity index (χ1n) is 13.0. The molecule has 1 aromatic rings. The highest BCUT2D eigenvalue weighted by atomic mass is 19.1. The number of alkyl halides is 1. The van der Waals surface area contributed by atoms with E-state index < -0.39 is 11.3 Å². The number of nitrogens with one attached hydrogen (secondary N) is 1. The van der Waals surface area contributed by atoms with Crippen molar-refractivity contribution in [2.24, 2.45) is 23.0 Å². The summed E-state index contributed by atoms with van der Waals surface area (Å²) >= 11 is 0. The second-order valence-electron chi connectivity index (χ2n) is 11.2. The molecular formula is C29H42FN3O2. The van der Waals surface area contributed by atoms with Crippen molar-refractivity contribution in [1.29, 1.82) is 0 Å². The summed E-state index contributed by atoms with van der Waals surface area (Å²) in [7, 11) is 3.75. The van der Waals surface area contributed by atoms with E-state index in [0.29, 0.717) is 37.8 Å². The van der Waals surface area contributed by atoms with Crippen LogP contribution in [-0.2, 0) is 0 Å². The maximum Gasteiger partial charge on any atom is 0.158 e. The number of halogens is 1. The Labute approximate surface area is 209 Å². The van der Waals surface area contributed by atoms with Gasteiger partial charge in [0.2, 0.25) is 0 Å². The lowest BCUT2D eigenvalue weighted by Crippen LogP contribution is -2.61. The zero-order valence-corrected chi connectivity index (χ0v) is 21.4. The molecule has 0 aromatic heterocycles. The number of aliphatic hydroxyl groups excluding tert-OH is 1. The zero-order chi connectivity index (χ0) is 25.4. The third kappa shape index (κ3) is 4.34. The van der Waals surface area contributed by atoms with Crippen LogP contribution in [0.5, 0.6) is 0 Å². The van der Waals surface area contributed by atoms with Crippen molar-refractivity contribution in [2.45, 2.75) is 75.7 Å². The Morgan fingerprint density at radius 1 is 1.14 bits per heavy atom. The Balaban J connectivity index is 0.000000917. The van der Waals surface area contributed by atoms with Gasteiger partial charge in [-0.1, -0.05) is 30.7 Å². The molecule has 0 heterocycles. The fraction of sp³-hybridized carbons (Fsp3) is 0.586. The molecule has 6 heteroatoms. The van der Waals surface area contributed by atoms with Gasteiger partial charge in [0, 0.05) is 11.6 Å². The lowest BCUT2D eigenvalue weighted by molar-refractivity contribution is -0.172. The van der Waals surface area contributed by atoms with E-state index in [2.05, 4.69) is 24.4 Å². The van der Waals surface area contributed by atoms with Gasteiger partial charge in [0.05, 0.1) is 6.10 Å². The molecular weight excluding hydrogens is 441 g/mol. The third-order valence-corrected chi connectivity index (χ3v) is 9.05. The number of aliphatic hydroxyl groups is 2. The summed E-state index contributed by atoms with van der Waals surface area (Å²) < 4.78 is 16.6. The third-order valence-electron chi connectivity index (χ3n) is 9.05. The highest BCUT2D eigenvalue weighted by Crippen LogP contribution is 2.65. The van der Waals surface area contributed by atoms with Crippen molar-refractivity contribution < 1.29 is 14.6 Å². The predicted molar refractivity (Wildman–Crippen MR) is 142 cm³/mol. The summed E-state index contributed by atoms with van der Waals surface area (Å²) in [5, 5.41) is 25.0. The molecule has 0 saturated heterocycles. The van der Waals surface area contributed by atoms with Gasteiger partial charge in [0.25, 0.3) is 0 Å². The lowest BCUT2D eigenvalue weighted by atomic mass is 9.53. The Bertz CT molecular complexity index is 1040. The number of hydrogen-bond donors (Lipinski definition) is 5. The van der Waals surface area contributed by atoms with E-state index in [1.165, 1.54) is 6.20 Å². The molecule has 0 aliphatic heterocycles. The van der Waals surface area contributed by atoms with Crippen LogP contribution in [0.1, 0.15) is 69.4 Å². The summed E-state index contributed by atoms with van der Waals surface area (Å²) in [6, 6.07) is 5.99. The molecule has 5 rings (SSSR count). The summed E-state index contributed by atoms with van der Waals surface area (Å²) in [6.45, 7) is 2.19. The zero-order valence-electron chi connectivity index (χ0n) is 21.4. The quantitative estimate of drug-likeness (QED) is 0.313. The van der Waals surface area contributed by atoms with Gasteiger partial charge in [-0.05, 0) is 118 Å². The molecule has 0 bridgehead atoms. The van der Waals surface area contributed by atoms with Gasteiger partial charge in [-0.25, -0.2) is 4.39 Å². The van der Waals surface area contributed by atoms with Crippen LogP contribution in [0.2, 0.25) is 0 Å². The fourth-order valence-corrected chi connectivity index (χ4v) is 7.23. The Hall–Kier alpha value is -2.15. The van der Waals surface area contributed by atoms with E-state index in [1.807, 2.05) is 26.2 Å². The smallest absolute Gasteiger partial charge is 0.158 e. The van der Waals surface area contributed by atoms with Crippen molar-refractivity contribution in [3.8, 4) is 0 Å². The molecule has 0 spiro atoms. The molecule has 1 aromatic carbocycles. The molecule has 5 nitrogen and oxygen atoms in total. The van der Waals surface area contributed by atoms with Crippen LogP contribution in [0.15, 0.2) is 42.1 Å². The molecule has 7 N–H and O–H groups in total. The normalized spacial score (nSPS) is 38.3. The topological polar surface area (TPSA) is 105 Å². The van der Waals surface area contributed by atoms with Crippen molar-refractivity contribution in [2.75, 3.05) is 19.8 Å². The van der Waals surface area contributed by atoms with Crippen LogP contribution < -0.4 is 16.8 Å². The van der Waals surface area contributed by atoms with Gasteiger partial charge in [-0.15, -0.1) is 0 Å². The summed E-state index contributed by atoms with van der Waals surface area (Å²) in [5.74, 6) is 0.0965. The van der Waals surface area contributed by atoms with Gasteiger partial charge in [-0.2, -0.15) is 0 Å². The number of nitrogen functional groups attached to an aromatic ring is 1. The summed E-state index contributed by atoms with van der Waals surface area (Å²) in [5.41, 5.74) is 13.1. The monoisotopic (exact) mass is 483 g/mol. The molecule has 192 valence electrons. The second kappa shape index (κ2) is 9.72. The van der Waals surface area contributed by atoms with Crippen molar-refractivity contribution in [1.82, 2.24) is 5.32 Å². The minimum Gasteiger partial charge on any atom is -0.405 e. The van der Waals surface area contributed by atoms with Crippen LogP contribution in [0.3, 0.4) is 0 Å². The summed E-state index contributed by atoms with van der Waals surface area (Å²) in [4.78, 5) is 0. The number of fused-ring (bicyclic) bond motifs is 4. The number of allylic oxidation sites excluding steroid dienone is 2. The molecule has 6 atom stereocenters. The Morgan fingerprint density at radius 3 is 2.57 bits per heavy atom. The van der Waals surface area contributed by atoms with Crippen LogP contribution in [0, 0.1) is 17.3 Å². The van der Waals surface area contributed by atoms with E-state index in [1.54, 1.807) is 12.2 Å². The number of anilines is 1. The maximum atomic E-state index is 16.6. The average Bonchev–Trinajstić information content (AvgIpc) is 3.11. The molecule has 0 amide bonds. The van der Waals surface area contributed by atoms with Crippen LogP contribution in [-0.4, -0.2) is 41.7 Å². The van der Waals surface area contributed by atoms with Gasteiger partial charge >= 0.3 is 0 Å². The van der Waals surface area contributed by atoms with Gasteiger partial charge < -0.3 is 27.0 Å². The predicted octanol–water partition coefficient (Wildman–Crippen LogP) is 4.56. The minimum atomic E-state index is -1.74. The number of nitrogens with two attached hydrogens (primary N) is 2. The van der Waals surface area contributed by atoms with Gasteiger partial charge in [-0.3, -0.25) is 0 Å². The first-order valence-corrected chi connectivity index (χ1v) is 13.0. The second-order valence-corrected chi connectivity index (χ2v) is 11.2. The minimum absolute atomic E-state index is 0.185. The Kier molecular flexibility index (Phi) is 7.20. The lowest BCUT2D eigenvalue weighted by Gasteiger charge is -2.55. The molecule has 2 saturated carbocycles. The number of hydrogen-bond acceptors (Lipinski definition) is 5. The van der Waals surface area contributed by atoms with Crippen LogP contribution in [0.4, 0.5) is 10.1 Å². The van der Waals surface area contributed by atoms with Crippen molar-refractivity contribution >= 4 is 17.3 Å². The van der Waals surface area contributed by atoms with Crippen LogP contribution in [0.25, 0.3) is 11.6 Å². The first-order chi connectivity index (χ1) is 16.6. The van der Waals surface area contributed by atoms with E-state index in [9.17, 15) is 10.2 Å². The van der Waals surface area contributed by atoms with E-state index in [4.69, 9.17) is 11.5 Å². The number of rotatable bonds is 2. The Morgan fingerprint density at radius 2 is 1.89 bits per heavy atom. The maximum absolute atomic E-state index is 16.6. The molecule has 4 aliphatic rings. The molecule has 0 radical (unpaired) electrons.